The molecule has 0 bridgehead atoms. The number of hydrogen-bond acceptors (Lipinski definition) is 4. The van der Waals surface area contributed by atoms with Crippen molar-refractivity contribution in [1.29, 1.82) is 0 Å². The molecule has 0 saturated heterocycles. The van der Waals surface area contributed by atoms with Gasteiger partial charge in [-0.15, -0.1) is 5.10 Å². The van der Waals surface area contributed by atoms with E-state index in [4.69, 9.17) is 16.6 Å². The van der Waals surface area contributed by atoms with Gasteiger partial charge in [-0.3, -0.25) is 9.69 Å². The molecule has 3 heterocycles. The highest BCUT2D eigenvalue weighted by molar-refractivity contribution is 6.30. The number of anilines is 1. The summed E-state index contributed by atoms with van der Waals surface area (Å²) in [6.07, 6.45) is 0. The zero-order chi connectivity index (χ0) is 21.2. The van der Waals surface area contributed by atoms with Crippen molar-refractivity contribution in [3.05, 3.63) is 69.8 Å². The standard InChI is InChI=1S/C22H21ClN6O/c1-5-28-13(3)24-19-20(14-6-8-15(23)9-7-14)29(22(30)21(19)28)16-10-12(2)18-17(11-16)27(4)26-25-18/h6-11,20H,5H2,1-4H3/t20-/m1/s1. The molecule has 0 unspecified atom stereocenters. The molecule has 1 atom stereocenters. The van der Waals surface area contributed by atoms with Gasteiger partial charge in [-0.25, -0.2) is 9.67 Å². The van der Waals surface area contributed by atoms with Gasteiger partial charge in [0.1, 0.15) is 23.1 Å². The number of imidazole rings is 1. The van der Waals surface area contributed by atoms with Crippen molar-refractivity contribution in [2.45, 2.75) is 33.4 Å². The molecule has 0 spiro atoms. The molecule has 30 heavy (non-hydrogen) atoms. The van der Waals surface area contributed by atoms with Gasteiger partial charge in [0, 0.05) is 24.3 Å². The minimum Gasteiger partial charge on any atom is -0.324 e. The van der Waals surface area contributed by atoms with Crippen LogP contribution in [0.2, 0.25) is 5.02 Å². The number of fused-ring (bicyclic) bond motifs is 2. The third-order valence-electron chi connectivity index (χ3n) is 5.80. The van der Waals surface area contributed by atoms with Crippen LogP contribution in [0.15, 0.2) is 36.4 Å². The average molecular weight is 421 g/mol. The molecule has 0 aliphatic carbocycles. The van der Waals surface area contributed by atoms with Crippen molar-refractivity contribution in [1.82, 2.24) is 24.5 Å². The van der Waals surface area contributed by atoms with Crippen LogP contribution in [0.5, 0.6) is 0 Å². The maximum atomic E-state index is 13.7. The molecule has 2 aromatic heterocycles. The Morgan fingerprint density at radius 3 is 2.57 bits per heavy atom. The van der Waals surface area contributed by atoms with Crippen molar-refractivity contribution < 1.29 is 4.79 Å². The van der Waals surface area contributed by atoms with Crippen molar-refractivity contribution in [2.24, 2.45) is 7.05 Å². The zero-order valence-corrected chi connectivity index (χ0v) is 18.0. The lowest BCUT2D eigenvalue weighted by atomic mass is 10.0. The van der Waals surface area contributed by atoms with E-state index in [2.05, 4.69) is 10.3 Å². The van der Waals surface area contributed by atoms with E-state index in [1.54, 1.807) is 4.68 Å². The Morgan fingerprint density at radius 1 is 1.13 bits per heavy atom. The van der Waals surface area contributed by atoms with Gasteiger partial charge in [0.05, 0.1) is 11.2 Å². The molecule has 0 N–H and O–H groups in total. The highest BCUT2D eigenvalue weighted by Gasteiger charge is 2.43. The average Bonchev–Trinajstić information content (AvgIpc) is 3.34. The summed E-state index contributed by atoms with van der Waals surface area (Å²) in [7, 11) is 1.85. The molecule has 5 rings (SSSR count). The molecule has 4 aromatic rings. The van der Waals surface area contributed by atoms with E-state index < -0.39 is 0 Å². The number of aromatic nitrogens is 5. The normalized spacial score (nSPS) is 16.0. The van der Waals surface area contributed by atoms with Crippen LogP contribution in [0.25, 0.3) is 11.0 Å². The van der Waals surface area contributed by atoms with Crippen LogP contribution in [0, 0.1) is 13.8 Å². The molecule has 1 aliphatic heterocycles. The van der Waals surface area contributed by atoms with Crippen molar-refractivity contribution in [3.8, 4) is 0 Å². The van der Waals surface area contributed by atoms with E-state index in [1.165, 1.54) is 0 Å². The number of nitrogens with zero attached hydrogens (tertiary/aromatic N) is 6. The molecular weight excluding hydrogens is 400 g/mol. The van der Waals surface area contributed by atoms with E-state index in [9.17, 15) is 4.79 Å². The summed E-state index contributed by atoms with van der Waals surface area (Å²) in [5, 5.41) is 9.02. The molecule has 7 nitrogen and oxygen atoms in total. The number of halogens is 1. The molecule has 1 aliphatic rings. The van der Waals surface area contributed by atoms with Crippen molar-refractivity contribution in [2.75, 3.05) is 4.90 Å². The van der Waals surface area contributed by atoms with Crippen molar-refractivity contribution >= 4 is 34.2 Å². The summed E-state index contributed by atoms with van der Waals surface area (Å²) in [4.78, 5) is 20.3. The summed E-state index contributed by atoms with van der Waals surface area (Å²) in [6, 6.07) is 11.3. The molecule has 8 heteroatoms. The number of amides is 1. The minimum atomic E-state index is -0.325. The summed E-state index contributed by atoms with van der Waals surface area (Å²) in [5.41, 5.74) is 5.88. The molecular formula is C22H21ClN6O. The van der Waals surface area contributed by atoms with Crippen LogP contribution < -0.4 is 4.90 Å². The maximum Gasteiger partial charge on any atom is 0.277 e. The first-order chi connectivity index (χ1) is 14.4. The van der Waals surface area contributed by atoms with E-state index in [1.807, 2.05) is 73.7 Å². The van der Waals surface area contributed by atoms with Crippen LogP contribution in [0.3, 0.4) is 0 Å². The van der Waals surface area contributed by atoms with E-state index in [0.29, 0.717) is 17.3 Å². The Bertz CT molecular complexity index is 1300. The lowest BCUT2D eigenvalue weighted by molar-refractivity contribution is 0.0985. The van der Waals surface area contributed by atoms with Gasteiger partial charge in [0.2, 0.25) is 0 Å². The number of carbonyl (C=O) groups excluding carboxylic acids is 1. The Kier molecular flexibility index (Phi) is 4.18. The van der Waals surface area contributed by atoms with Gasteiger partial charge < -0.3 is 4.57 Å². The van der Waals surface area contributed by atoms with Gasteiger partial charge >= 0.3 is 0 Å². The monoisotopic (exact) mass is 420 g/mol. The van der Waals surface area contributed by atoms with Gasteiger partial charge in [0.25, 0.3) is 5.91 Å². The second-order valence-corrected chi connectivity index (χ2v) is 8.05. The van der Waals surface area contributed by atoms with Crippen LogP contribution in [0.4, 0.5) is 5.69 Å². The minimum absolute atomic E-state index is 0.0544. The smallest absolute Gasteiger partial charge is 0.277 e. The summed E-state index contributed by atoms with van der Waals surface area (Å²) in [5.74, 6) is 0.790. The SMILES string of the molecule is CCn1c(C)nc2c1C(=O)N(c1cc(C)c3nnn(C)c3c1)[C@@H]2c1ccc(Cl)cc1. The topological polar surface area (TPSA) is 68.8 Å². The van der Waals surface area contributed by atoms with Crippen LogP contribution >= 0.6 is 11.6 Å². The number of aryl methyl sites for hydroxylation is 3. The van der Waals surface area contributed by atoms with E-state index >= 15 is 0 Å². The predicted octanol–water partition coefficient (Wildman–Crippen LogP) is 4.20. The van der Waals surface area contributed by atoms with Gasteiger partial charge in [0.15, 0.2) is 0 Å². The first-order valence-corrected chi connectivity index (χ1v) is 10.2. The molecule has 152 valence electrons. The molecule has 2 aromatic carbocycles. The highest BCUT2D eigenvalue weighted by atomic mass is 35.5. The fourth-order valence-electron chi connectivity index (χ4n) is 4.38. The van der Waals surface area contributed by atoms with E-state index in [0.717, 1.165) is 39.4 Å². The molecule has 1 amide bonds. The Morgan fingerprint density at radius 2 is 1.87 bits per heavy atom. The molecule has 0 radical (unpaired) electrons. The summed E-state index contributed by atoms with van der Waals surface area (Å²) in [6.45, 7) is 6.64. The van der Waals surface area contributed by atoms with Crippen LogP contribution in [-0.2, 0) is 13.6 Å². The zero-order valence-electron chi connectivity index (χ0n) is 17.2. The quantitative estimate of drug-likeness (QED) is 0.498. The summed E-state index contributed by atoms with van der Waals surface area (Å²) < 4.78 is 3.71. The Balaban J connectivity index is 1.75. The maximum absolute atomic E-state index is 13.7. The predicted molar refractivity (Wildman–Crippen MR) is 116 cm³/mol. The summed E-state index contributed by atoms with van der Waals surface area (Å²) >= 11 is 6.13. The van der Waals surface area contributed by atoms with Gasteiger partial charge in [-0.1, -0.05) is 28.9 Å². The number of rotatable bonds is 3. The number of hydrogen-bond donors (Lipinski definition) is 0. The second kappa shape index (κ2) is 6.67. The van der Waals surface area contributed by atoms with Gasteiger partial charge in [-0.05, 0) is 56.2 Å². The highest BCUT2D eigenvalue weighted by Crippen LogP contribution is 2.42. The van der Waals surface area contributed by atoms with Crippen LogP contribution in [0.1, 0.15) is 46.1 Å². The molecule has 0 saturated carbocycles. The lowest BCUT2D eigenvalue weighted by Crippen LogP contribution is -2.30. The van der Waals surface area contributed by atoms with Crippen LogP contribution in [-0.4, -0.2) is 30.5 Å². The fourth-order valence-corrected chi connectivity index (χ4v) is 4.51. The number of carbonyl (C=O) groups is 1. The molecule has 0 fully saturated rings. The Labute approximate surface area is 178 Å². The third-order valence-corrected chi connectivity index (χ3v) is 6.05. The first-order valence-electron chi connectivity index (χ1n) is 9.86. The second-order valence-electron chi connectivity index (χ2n) is 7.61. The first kappa shape index (κ1) is 18.8. The lowest BCUT2D eigenvalue weighted by Gasteiger charge is -2.26. The van der Waals surface area contributed by atoms with E-state index in [-0.39, 0.29) is 11.9 Å². The third kappa shape index (κ3) is 2.58. The number of benzene rings is 2. The Hall–Kier alpha value is -3.19. The van der Waals surface area contributed by atoms with Gasteiger partial charge in [-0.2, -0.15) is 0 Å². The largest absolute Gasteiger partial charge is 0.324 e. The van der Waals surface area contributed by atoms with Crippen molar-refractivity contribution in [3.63, 3.8) is 0 Å². The fraction of sp³-hybridized carbons (Fsp3) is 0.273.